The minimum absolute atomic E-state index is 0.193. The monoisotopic (exact) mass is 533 g/mol. The maximum atomic E-state index is 13.7. The zero-order chi connectivity index (χ0) is 26.9. The Morgan fingerprint density at radius 1 is 1.00 bits per heavy atom. The minimum Gasteiger partial charge on any atom is -0.478 e. The van der Waals surface area contributed by atoms with E-state index in [4.69, 9.17) is 0 Å². The highest BCUT2D eigenvalue weighted by molar-refractivity contribution is 7.03. The summed E-state index contributed by atoms with van der Waals surface area (Å²) in [6.07, 6.45) is 2.35. The summed E-state index contributed by atoms with van der Waals surface area (Å²) < 4.78 is 6.07. The normalized spacial score (nSPS) is 12.0. The number of benzene rings is 3. The molecule has 0 radical (unpaired) electrons. The molecule has 2 N–H and O–H groups in total. The number of carboxylic acid groups (broad SMARTS) is 1. The predicted octanol–water partition coefficient (Wildman–Crippen LogP) is 5.79. The molecule has 0 aliphatic rings. The lowest BCUT2D eigenvalue weighted by molar-refractivity contribution is 0.0696. The molecule has 8 nitrogen and oxygen atoms in total. The number of hydrogen-bond donors (Lipinski definition) is 2. The van der Waals surface area contributed by atoms with E-state index in [1.807, 2.05) is 42.8 Å². The molecule has 0 fully saturated rings. The third kappa shape index (κ3) is 4.87. The van der Waals surface area contributed by atoms with Crippen LogP contribution in [0.2, 0.25) is 0 Å². The molecule has 0 aliphatic heterocycles. The Kier molecular flexibility index (Phi) is 6.34. The van der Waals surface area contributed by atoms with Crippen LogP contribution in [0, 0.1) is 0 Å². The molecular weight excluding hydrogens is 510 g/mol. The first-order valence-electron chi connectivity index (χ1n) is 12.4. The van der Waals surface area contributed by atoms with E-state index >= 15 is 0 Å². The fourth-order valence-corrected chi connectivity index (χ4v) is 5.23. The van der Waals surface area contributed by atoms with E-state index in [1.165, 1.54) is 23.7 Å². The van der Waals surface area contributed by atoms with Gasteiger partial charge in [0.05, 0.1) is 28.6 Å². The predicted molar refractivity (Wildman–Crippen MR) is 150 cm³/mol. The lowest BCUT2D eigenvalue weighted by Crippen LogP contribution is -2.27. The lowest BCUT2D eigenvalue weighted by atomic mass is 10.0. The van der Waals surface area contributed by atoms with E-state index in [2.05, 4.69) is 50.3 Å². The second kappa shape index (κ2) is 10.1. The summed E-state index contributed by atoms with van der Waals surface area (Å²) in [5.74, 6) is -1.28. The molecule has 0 unspecified atom stereocenters. The van der Waals surface area contributed by atoms with Crippen molar-refractivity contribution in [3.05, 3.63) is 118 Å². The van der Waals surface area contributed by atoms with Crippen molar-refractivity contribution in [3.8, 4) is 11.3 Å². The average molecular weight is 534 g/mol. The smallest absolute Gasteiger partial charge is 0.335 e. The van der Waals surface area contributed by atoms with Crippen LogP contribution in [0.15, 0.2) is 90.4 Å². The Morgan fingerprint density at radius 2 is 1.79 bits per heavy atom. The van der Waals surface area contributed by atoms with Crippen LogP contribution >= 0.6 is 11.5 Å². The number of carboxylic acids is 1. The summed E-state index contributed by atoms with van der Waals surface area (Å²) in [5, 5.41) is 25.2. The van der Waals surface area contributed by atoms with Gasteiger partial charge >= 0.3 is 5.97 Å². The average Bonchev–Trinajstić information content (AvgIpc) is 3.63. The van der Waals surface area contributed by atoms with Crippen molar-refractivity contribution in [1.82, 2.24) is 24.5 Å². The summed E-state index contributed by atoms with van der Waals surface area (Å²) >= 11 is 1.34. The van der Waals surface area contributed by atoms with Crippen molar-refractivity contribution >= 4 is 39.7 Å². The highest BCUT2D eigenvalue weighted by Crippen LogP contribution is 2.27. The third-order valence-corrected chi connectivity index (χ3v) is 7.31. The number of carbonyl (C=O) groups excluding carboxylic acids is 1. The van der Waals surface area contributed by atoms with E-state index in [-0.39, 0.29) is 17.5 Å². The molecule has 1 atom stereocenters. The van der Waals surface area contributed by atoms with Gasteiger partial charge in [0.2, 0.25) is 0 Å². The molecule has 3 aromatic heterocycles. The first kappa shape index (κ1) is 24.4. The van der Waals surface area contributed by atoms with Gasteiger partial charge in [-0.15, -0.1) is 5.10 Å². The molecule has 3 heterocycles. The summed E-state index contributed by atoms with van der Waals surface area (Å²) in [4.78, 5) is 24.9. The molecule has 6 aromatic rings. The van der Waals surface area contributed by atoms with Crippen molar-refractivity contribution in [1.29, 1.82) is 0 Å². The van der Waals surface area contributed by atoms with Crippen LogP contribution in [0.3, 0.4) is 0 Å². The summed E-state index contributed by atoms with van der Waals surface area (Å²) in [6.45, 7) is 1.86. The number of amides is 1. The van der Waals surface area contributed by atoms with Gasteiger partial charge in [0, 0.05) is 23.6 Å². The molecule has 3 aromatic carbocycles. The van der Waals surface area contributed by atoms with Gasteiger partial charge < -0.3 is 10.4 Å². The fourth-order valence-electron chi connectivity index (χ4n) is 4.70. The van der Waals surface area contributed by atoms with Gasteiger partial charge in [-0.1, -0.05) is 59.8 Å². The Morgan fingerprint density at radius 3 is 2.54 bits per heavy atom. The van der Waals surface area contributed by atoms with Crippen molar-refractivity contribution in [3.63, 3.8) is 0 Å². The van der Waals surface area contributed by atoms with E-state index in [1.54, 1.807) is 16.6 Å². The zero-order valence-electron chi connectivity index (χ0n) is 20.9. The maximum Gasteiger partial charge on any atom is 0.335 e. The first-order chi connectivity index (χ1) is 19.0. The van der Waals surface area contributed by atoms with Gasteiger partial charge in [-0.25, -0.2) is 9.31 Å². The number of carbonyl (C=O) groups is 2. The molecule has 0 saturated heterocycles. The minimum atomic E-state index is -0.994. The van der Waals surface area contributed by atoms with Gasteiger partial charge in [0.1, 0.15) is 5.52 Å². The van der Waals surface area contributed by atoms with Gasteiger partial charge in [-0.05, 0) is 64.6 Å². The molecule has 39 heavy (non-hydrogen) atoms. The van der Waals surface area contributed by atoms with Crippen molar-refractivity contribution in [2.45, 2.75) is 19.4 Å². The van der Waals surface area contributed by atoms with E-state index in [0.29, 0.717) is 23.2 Å². The largest absolute Gasteiger partial charge is 0.478 e. The van der Waals surface area contributed by atoms with Crippen LogP contribution in [-0.4, -0.2) is 36.2 Å². The number of rotatable bonds is 7. The maximum absolute atomic E-state index is 13.7. The Hall–Kier alpha value is -4.89. The fraction of sp³-hybridized carbons (Fsp3) is 0.100. The number of aromatic carboxylic acids is 1. The second-order valence-corrected chi connectivity index (χ2v) is 10.0. The molecule has 1 amide bonds. The number of nitrogens with one attached hydrogen (secondary N) is 1. The second-order valence-electron chi connectivity index (χ2n) is 9.34. The molecule has 6 rings (SSSR count). The number of nitrogens with zero attached hydrogens (tertiary/aromatic N) is 4. The topological polar surface area (TPSA) is 109 Å². The van der Waals surface area contributed by atoms with Crippen LogP contribution in [0.5, 0.6) is 0 Å². The van der Waals surface area contributed by atoms with Crippen LogP contribution < -0.4 is 5.32 Å². The standard InChI is InChI=1S/C30H23N5O3S/c1-18(20-8-10-22(11-9-20)30(37)38)31-29(36)25-16-24(26-12-13-39-33-26)17-35-28(25)27(32-34-35)15-19-6-7-21-4-2-3-5-23(21)14-19/h2-14,16-18H,15H2,1H3,(H,31,36)(H,37,38)/t18-/m0/s1. The molecular formula is C30H23N5O3S. The van der Waals surface area contributed by atoms with E-state index in [9.17, 15) is 14.7 Å². The highest BCUT2D eigenvalue weighted by atomic mass is 32.1. The SMILES string of the molecule is C[C@H](NC(=O)c1cc(-c2ccsn2)cn2nnc(Cc3ccc4ccccc4c3)c12)c1ccc(C(=O)O)cc1. The van der Waals surface area contributed by atoms with Crippen LogP contribution in [-0.2, 0) is 6.42 Å². The molecule has 0 aliphatic carbocycles. The number of fused-ring (bicyclic) bond motifs is 2. The van der Waals surface area contributed by atoms with Gasteiger partial charge in [0.25, 0.3) is 5.91 Å². The van der Waals surface area contributed by atoms with E-state index in [0.717, 1.165) is 33.2 Å². The van der Waals surface area contributed by atoms with E-state index < -0.39 is 5.97 Å². The first-order valence-corrected chi connectivity index (χ1v) is 13.2. The third-order valence-electron chi connectivity index (χ3n) is 6.75. The van der Waals surface area contributed by atoms with Crippen LogP contribution in [0.1, 0.15) is 50.5 Å². The Bertz CT molecular complexity index is 1830. The summed E-state index contributed by atoms with van der Waals surface area (Å²) in [7, 11) is 0. The highest BCUT2D eigenvalue weighted by Gasteiger charge is 2.21. The van der Waals surface area contributed by atoms with Gasteiger partial charge in [-0.3, -0.25) is 4.79 Å². The molecule has 0 saturated carbocycles. The number of aromatic nitrogens is 4. The zero-order valence-corrected chi connectivity index (χ0v) is 21.7. The van der Waals surface area contributed by atoms with Crippen molar-refractivity contribution in [2.75, 3.05) is 0 Å². The Labute approximate surface area is 227 Å². The van der Waals surface area contributed by atoms with Crippen molar-refractivity contribution in [2.24, 2.45) is 0 Å². The molecule has 0 spiro atoms. The lowest BCUT2D eigenvalue weighted by Gasteiger charge is -2.16. The summed E-state index contributed by atoms with van der Waals surface area (Å²) in [6, 6.07) is 24.3. The Balaban J connectivity index is 1.38. The van der Waals surface area contributed by atoms with Gasteiger partial charge in [0.15, 0.2) is 0 Å². The quantitative estimate of drug-likeness (QED) is 0.269. The van der Waals surface area contributed by atoms with Crippen molar-refractivity contribution < 1.29 is 14.7 Å². The summed E-state index contributed by atoms with van der Waals surface area (Å²) in [5.41, 5.74) is 5.33. The molecule has 0 bridgehead atoms. The van der Waals surface area contributed by atoms with Gasteiger partial charge in [-0.2, -0.15) is 4.37 Å². The number of pyridine rings is 1. The van der Waals surface area contributed by atoms with Crippen LogP contribution in [0.4, 0.5) is 0 Å². The van der Waals surface area contributed by atoms with Crippen LogP contribution in [0.25, 0.3) is 27.5 Å². The molecule has 9 heteroatoms. The molecule has 192 valence electrons. The number of hydrogen-bond acceptors (Lipinski definition) is 6.